The Labute approximate surface area is 239 Å². The largest absolute Gasteiger partial charge is 0.416 e. The second-order valence-corrected chi connectivity index (χ2v) is 10.3. The molecule has 2 unspecified atom stereocenters. The van der Waals surface area contributed by atoms with Gasteiger partial charge in [-0.3, -0.25) is 4.79 Å². The van der Waals surface area contributed by atoms with Crippen molar-refractivity contribution in [1.82, 2.24) is 5.32 Å². The molecule has 0 saturated heterocycles. The molecular formula is C35H46F3NO. The lowest BCUT2D eigenvalue weighted by Gasteiger charge is -2.26. The Morgan fingerprint density at radius 3 is 2.02 bits per heavy atom. The molecule has 2 nitrogen and oxygen atoms in total. The number of amides is 1. The summed E-state index contributed by atoms with van der Waals surface area (Å²) in [5.74, 6) is -0.137. The highest BCUT2D eigenvalue weighted by Gasteiger charge is 2.30. The number of hydrogen-bond acceptors (Lipinski definition) is 1. The van der Waals surface area contributed by atoms with Crippen molar-refractivity contribution < 1.29 is 18.0 Å². The van der Waals surface area contributed by atoms with E-state index < -0.39 is 11.7 Å². The van der Waals surface area contributed by atoms with Crippen LogP contribution in [0.15, 0.2) is 91.1 Å². The molecule has 0 fully saturated rings. The van der Waals surface area contributed by atoms with Gasteiger partial charge in [0.1, 0.15) is 0 Å². The average Bonchev–Trinajstić information content (AvgIpc) is 2.96. The predicted molar refractivity (Wildman–Crippen MR) is 161 cm³/mol. The lowest BCUT2D eigenvalue weighted by Crippen LogP contribution is -2.32. The van der Waals surface area contributed by atoms with E-state index in [0.717, 1.165) is 61.8 Å². The van der Waals surface area contributed by atoms with Crippen molar-refractivity contribution >= 4 is 5.91 Å². The number of hydrogen-bond donors (Lipinski definition) is 1. The molecule has 2 aromatic carbocycles. The summed E-state index contributed by atoms with van der Waals surface area (Å²) < 4.78 is 38.6. The van der Waals surface area contributed by atoms with Crippen molar-refractivity contribution in [3.05, 3.63) is 108 Å². The number of halogens is 3. The van der Waals surface area contributed by atoms with Crippen LogP contribution in [-0.2, 0) is 17.4 Å². The standard InChI is InChI=1S/C35H46F3NO/c1-3-4-5-6-7-8-9-10-11-12-13-14-18-23-32(30-21-16-15-17-22-30)33(34(40)39-2)24-19-20-29-25-27-31(28-26-29)35(36,37)38/h7-8,10-11,13-17,21-22,25-28,32-33H,3-6,9,12,18-20,23-24H2,1-2H3,(H,39,40)/b8-7-,11-10-,14-13-. The zero-order valence-corrected chi connectivity index (χ0v) is 24.1. The van der Waals surface area contributed by atoms with Gasteiger partial charge in [0.2, 0.25) is 5.91 Å². The minimum absolute atomic E-state index is 0.0101. The second kappa shape index (κ2) is 19.1. The zero-order valence-electron chi connectivity index (χ0n) is 24.1. The Balaban J connectivity index is 1.93. The Kier molecular flexibility index (Phi) is 15.8. The predicted octanol–water partition coefficient (Wildman–Crippen LogP) is 9.98. The molecule has 1 N–H and O–H groups in total. The van der Waals surface area contributed by atoms with Gasteiger partial charge in [0, 0.05) is 13.0 Å². The van der Waals surface area contributed by atoms with Crippen molar-refractivity contribution in [2.75, 3.05) is 7.05 Å². The van der Waals surface area contributed by atoms with Crippen molar-refractivity contribution in [3.63, 3.8) is 0 Å². The van der Waals surface area contributed by atoms with E-state index in [-0.39, 0.29) is 17.7 Å². The normalized spacial score (nSPS) is 13.8. The molecule has 0 spiro atoms. The van der Waals surface area contributed by atoms with Crippen LogP contribution in [0.2, 0.25) is 0 Å². The fourth-order valence-corrected chi connectivity index (χ4v) is 4.95. The van der Waals surface area contributed by atoms with Gasteiger partial charge in [-0.2, -0.15) is 13.2 Å². The van der Waals surface area contributed by atoms with Crippen LogP contribution in [0.5, 0.6) is 0 Å². The maximum Gasteiger partial charge on any atom is 0.416 e. The molecule has 0 aliphatic carbocycles. The first-order chi connectivity index (χ1) is 19.4. The number of allylic oxidation sites excluding steroid dienone is 6. The maximum atomic E-state index is 13.0. The smallest absolute Gasteiger partial charge is 0.359 e. The highest BCUT2D eigenvalue weighted by Crippen LogP contribution is 2.34. The number of unbranched alkanes of at least 4 members (excludes halogenated alkanes) is 3. The fourth-order valence-electron chi connectivity index (χ4n) is 4.95. The number of alkyl halides is 3. The molecule has 0 radical (unpaired) electrons. The molecule has 1 amide bonds. The van der Waals surface area contributed by atoms with E-state index in [4.69, 9.17) is 0 Å². The third-order valence-electron chi connectivity index (χ3n) is 7.22. The Morgan fingerprint density at radius 2 is 1.43 bits per heavy atom. The molecule has 2 aromatic rings. The fraction of sp³-hybridized carbons (Fsp3) is 0.457. The van der Waals surface area contributed by atoms with E-state index >= 15 is 0 Å². The first-order valence-corrected chi connectivity index (χ1v) is 14.7. The summed E-state index contributed by atoms with van der Waals surface area (Å²) in [5.41, 5.74) is 1.36. The minimum atomic E-state index is -4.33. The molecule has 2 rings (SSSR count). The number of aryl methyl sites for hydroxylation is 1. The van der Waals surface area contributed by atoms with Crippen molar-refractivity contribution in [3.8, 4) is 0 Å². The van der Waals surface area contributed by atoms with Gasteiger partial charge < -0.3 is 5.32 Å². The SMILES string of the molecule is CCCCC/C=C\C/C=C\C/C=C\CCC(c1ccccc1)C(CCCc1ccc(C(F)(F)F)cc1)C(=O)NC. The highest BCUT2D eigenvalue weighted by atomic mass is 19.4. The third kappa shape index (κ3) is 12.8. The van der Waals surface area contributed by atoms with Gasteiger partial charge in [0.05, 0.1) is 5.56 Å². The second-order valence-electron chi connectivity index (χ2n) is 10.3. The van der Waals surface area contributed by atoms with Crippen LogP contribution in [0.1, 0.15) is 93.7 Å². The van der Waals surface area contributed by atoms with E-state index in [1.54, 1.807) is 7.05 Å². The molecule has 5 heteroatoms. The van der Waals surface area contributed by atoms with Gasteiger partial charge in [0.25, 0.3) is 0 Å². The molecule has 0 bridgehead atoms. The monoisotopic (exact) mass is 553 g/mol. The Morgan fingerprint density at radius 1 is 0.800 bits per heavy atom. The summed E-state index contributed by atoms with van der Waals surface area (Å²) in [6, 6.07) is 15.5. The Hall–Kier alpha value is -3.08. The van der Waals surface area contributed by atoms with E-state index in [2.05, 4.69) is 60.8 Å². The molecule has 40 heavy (non-hydrogen) atoms. The molecule has 0 aromatic heterocycles. The quantitative estimate of drug-likeness (QED) is 0.144. The minimum Gasteiger partial charge on any atom is -0.359 e. The van der Waals surface area contributed by atoms with Crippen molar-refractivity contribution in [2.45, 2.75) is 89.6 Å². The molecule has 218 valence electrons. The van der Waals surface area contributed by atoms with Gasteiger partial charge in [-0.1, -0.05) is 98.7 Å². The number of carbonyl (C=O) groups is 1. The van der Waals surface area contributed by atoms with Crippen LogP contribution in [-0.4, -0.2) is 13.0 Å². The van der Waals surface area contributed by atoms with Crippen molar-refractivity contribution in [2.24, 2.45) is 5.92 Å². The number of benzene rings is 2. The van der Waals surface area contributed by atoms with Gasteiger partial charge in [0.15, 0.2) is 0 Å². The van der Waals surface area contributed by atoms with E-state index in [9.17, 15) is 18.0 Å². The van der Waals surface area contributed by atoms with Crippen LogP contribution in [0.25, 0.3) is 0 Å². The summed E-state index contributed by atoms with van der Waals surface area (Å²) in [4.78, 5) is 13.0. The molecule has 0 aliphatic heterocycles. The third-order valence-corrected chi connectivity index (χ3v) is 7.22. The lowest BCUT2D eigenvalue weighted by atomic mass is 9.79. The summed E-state index contributed by atoms with van der Waals surface area (Å²) in [6.45, 7) is 2.22. The first kappa shape index (κ1) is 33.1. The topological polar surface area (TPSA) is 29.1 Å². The summed E-state index contributed by atoms with van der Waals surface area (Å²) in [7, 11) is 1.67. The average molecular weight is 554 g/mol. The number of carbonyl (C=O) groups excluding carboxylic acids is 1. The number of rotatable bonds is 18. The van der Waals surface area contributed by atoms with E-state index in [0.29, 0.717) is 12.8 Å². The van der Waals surface area contributed by atoms with E-state index in [1.165, 1.54) is 31.4 Å². The molecule has 0 aliphatic rings. The summed E-state index contributed by atoms with van der Waals surface area (Å²) in [5, 5.41) is 2.84. The van der Waals surface area contributed by atoms with Crippen LogP contribution < -0.4 is 5.32 Å². The van der Waals surface area contributed by atoms with Crippen molar-refractivity contribution in [1.29, 1.82) is 0 Å². The summed E-state index contributed by atoms with van der Waals surface area (Å²) in [6.07, 6.45) is 19.5. The van der Waals surface area contributed by atoms with Crippen LogP contribution in [0.4, 0.5) is 13.2 Å². The van der Waals surface area contributed by atoms with Gasteiger partial charge in [-0.05, 0) is 87.0 Å². The van der Waals surface area contributed by atoms with Gasteiger partial charge in [-0.25, -0.2) is 0 Å². The van der Waals surface area contributed by atoms with Crippen LogP contribution in [0.3, 0.4) is 0 Å². The van der Waals surface area contributed by atoms with Crippen LogP contribution >= 0.6 is 0 Å². The molecule has 0 saturated carbocycles. The maximum absolute atomic E-state index is 13.0. The number of nitrogens with one attached hydrogen (secondary N) is 1. The summed E-state index contributed by atoms with van der Waals surface area (Å²) >= 11 is 0. The van der Waals surface area contributed by atoms with Gasteiger partial charge in [-0.15, -0.1) is 0 Å². The van der Waals surface area contributed by atoms with E-state index in [1.807, 2.05) is 18.2 Å². The van der Waals surface area contributed by atoms with Crippen LogP contribution in [0, 0.1) is 5.92 Å². The van der Waals surface area contributed by atoms with Gasteiger partial charge >= 0.3 is 6.18 Å². The first-order valence-electron chi connectivity index (χ1n) is 14.7. The zero-order chi connectivity index (χ0) is 29.1. The molecular weight excluding hydrogens is 507 g/mol. The molecule has 2 atom stereocenters. The highest BCUT2D eigenvalue weighted by molar-refractivity contribution is 5.79. The Bertz CT molecular complexity index is 1040. The molecule has 0 heterocycles. The lowest BCUT2D eigenvalue weighted by molar-refractivity contribution is -0.137.